The summed E-state index contributed by atoms with van der Waals surface area (Å²) < 4.78 is 0. The summed E-state index contributed by atoms with van der Waals surface area (Å²) in [6.45, 7) is 6.50. The maximum absolute atomic E-state index is 10.5. The van der Waals surface area contributed by atoms with Crippen LogP contribution >= 0.6 is 0 Å². The zero-order valence-electron chi connectivity index (χ0n) is 16.3. The van der Waals surface area contributed by atoms with Gasteiger partial charge in [0.15, 0.2) is 0 Å². The standard InChI is InChI=1S/C11H10.C10H21NO.CH2O2/c1-9-6-7-10-4-2-3-5-11(10)8-9;1-3-4-5-6-7-8-9-11-10(2)12;2-1-3/h2-8H,1H3;3-9H2,1-2H3,(H,11,12);1H,(H,2,3). The fourth-order valence-electron chi connectivity index (χ4n) is 2.48. The Hall–Kier alpha value is -2.36. The largest absolute Gasteiger partial charge is 0.483 e. The molecule has 0 radical (unpaired) electrons. The van der Waals surface area contributed by atoms with E-state index in [9.17, 15) is 4.79 Å². The lowest BCUT2D eigenvalue weighted by atomic mass is 10.1. The van der Waals surface area contributed by atoms with Crippen LogP contribution in [0.25, 0.3) is 10.8 Å². The number of amides is 1. The molecule has 0 aliphatic heterocycles. The second-order valence-electron chi connectivity index (χ2n) is 6.21. The molecule has 0 aromatic heterocycles. The molecule has 1 amide bonds. The van der Waals surface area contributed by atoms with E-state index in [2.05, 4.69) is 61.6 Å². The van der Waals surface area contributed by atoms with E-state index in [1.165, 1.54) is 48.4 Å². The number of carbonyl (C=O) groups is 2. The molecule has 2 N–H and O–H groups in total. The molecular weight excluding hydrogens is 326 g/mol. The average Bonchev–Trinajstić information content (AvgIpc) is 2.62. The van der Waals surface area contributed by atoms with Gasteiger partial charge in [-0.1, -0.05) is 87.1 Å². The Labute approximate surface area is 157 Å². The number of nitrogens with one attached hydrogen (secondary N) is 1. The minimum absolute atomic E-state index is 0.0866. The number of benzene rings is 2. The van der Waals surface area contributed by atoms with E-state index >= 15 is 0 Å². The molecule has 2 aromatic carbocycles. The van der Waals surface area contributed by atoms with Gasteiger partial charge < -0.3 is 10.4 Å². The van der Waals surface area contributed by atoms with Crippen LogP contribution in [0.4, 0.5) is 0 Å². The van der Waals surface area contributed by atoms with Crippen molar-refractivity contribution < 1.29 is 14.7 Å². The highest BCUT2D eigenvalue weighted by molar-refractivity contribution is 5.82. The predicted octanol–water partition coefficient (Wildman–Crippen LogP) is 5.33. The Bertz CT molecular complexity index is 626. The van der Waals surface area contributed by atoms with Gasteiger partial charge in [0.05, 0.1) is 0 Å². The fraction of sp³-hybridized carbons (Fsp3) is 0.455. The molecule has 2 rings (SSSR count). The van der Waals surface area contributed by atoms with Crippen molar-refractivity contribution in [2.75, 3.05) is 6.54 Å². The summed E-state index contributed by atoms with van der Waals surface area (Å²) in [5, 5.41) is 12.3. The monoisotopic (exact) mass is 359 g/mol. The van der Waals surface area contributed by atoms with Gasteiger partial charge in [0.2, 0.25) is 5.91 Å². The molecule has 0 spiro atoms. The highest BCUT2D eigenvalue weighted by atomic mass is 16.3. The Kier molecular flexibility index (Phi) is 14.7. The highest BCUT2D eigenvalue weighted by Gasteiger charge is 1.91. The average molecular weight is 360 g/mol. The third kappa shape index (κ3) is 13.0. The van der Waals surface area contributed by atoms with Crippen molar-refractivity contribution in [1.82, 2.24) is 5.32 Å². The molecule has 0 heterocycles. The molecule has 0 aliphatic carbocycles. The van der Waals surface area contributed by atoms with Gasteiger partial charge in [0.1, 0.15) is 0 Å². The van der Waals surface area contributed by atoms with Crippen LogP contribution in [0.3, 0.4) is 0 Å². The molecule has 0 aliphatic rings. The van der Waals surface area contributed by atoms with Crippen LogP contribution in [-0.2, 0) is 9.59 Å². The highest BCUT2D eigenvalue weighted by Crippen LogP contribution is 2.14. The number of fused-ring (bicyclic) bond motifs is 1. The molecule has 26 heavy (non-hydrogen) atoms. The van der Waals surface area contributed by atoms with Crippen molar-refractivity contribution in [1.29, 1.82) is 0 Å². The Morgan fingerprint density at radius 3 is 2.19 bits per heavy atom. The summed E-state index contributed by atoms with van der Waals surface area (Å²) in [7, 11) is 0. The summed E-state index contributed by atoms with van der Waals surface area (Å²) in [6, 6.07) is 14.9. The van der Waals surface area contributed by atoms with Gasteiger partial charge in [-0.25, -0.2) is 0 Å². The molecule has 4 nitrogen and oxygen atoms in total. The van der Waals surface area contributed by atoms with Crippen LogP contribution in [0.2, 0.25) is 0 Å². The number of hydrogen-bond donors (Lipinski definition) is 2. The first-order chi connectivity index (χ1) is 12.5. The van der Waals surface area contributed by atoms with Crippen molar-refractivity contribution >= 4 is 23.2 Å². The Balaban J connectivity index is 0.000000418. The van der Waals surface area contributed by atoms with Gasteiger partial charge in [-0.3, -0.25) is 9.59 Å². The molecule has 0 fully saturated rings. The van der Waals surface area contributed by atoms with E-state index in [1.54, 1.807) is 6.92 Å². The van der Waals surface area contributed by atoms with Crippen molar-refractivity contribution in [3.05, 3.63) is 48.0 Å². The molecule has 144 valence electrons. The molecule has 0 atom stereocenters. The zero-order chi connectivity index (χ0) is 19.6. The quantitative estimate of drug-likeness (QED) is 0.518. The first-order valence-electron chi connectivity index (χ1n) is 9.32. The first-order valence-corrected chi connectivity index (χ1v) is 9.32. The van der Waals surface area contributed by atoms with Crippen LogP contribution in [-0.4, -0.2) is 24.0 Å². The van der Waals surface area contributed by atoms with Crippen molar-refractivity contribution in [2.45, 2.75) is 59.3 Å². The van der Waals surface area contributed by atoms with Gasteiger partial charge in [-0.05, 0) is 24.1 Å². The summed E-state index contributed by atoms with van der Waals surface area (Å²) >= 11 is 0. The van der Waals surface area contributed by atoms with Gasteiger partial charge in [0.25, 0.3) is 6.47 Å². The van der Waals surface area contributed by atoms with E-state index < -0.39 is 0 Å². The van der Waals surface area contributed by atoms with Gasteiger partial charge in [0, 0.05) is 13.5 Å². The van der Waals surface area contributed by atoms with E-state index in [4.69, 9.17) is 9.90 Å². The van der Waals surface area contributed by atoms with Crippen molar-refractivity contribution in [3.8, 4) is 0 Å². The number of rotatable bonds is 7. The molecule has 2 aromatic rings. The minimum atomic E-state index is -0.250. The van der Waals surface area contributed by atoms with E-state index in [0.717, 1.165) is 13.0 Å². The van der Waals surface area contributed by atoms with Crippen LogP contribution in [0.5, 0.6) is 0 Å². The van der Waals surface area contributed by atoms with Crippen molar-refractivity contribution in [3.63, 3.8) is 0 Å². The van der Waals surface area contributed by atoms with Gasteiger partial charge >= 0.3 is 0 Å². The van der Waals surface area contributed by atoms with Crippen LogP contribution in [0, 0.1) is 6.92 Å². The lowest BCUT2D eigenvalue weighted by Gasteiger charge is -2.01. The van der Waals surface area contributed by atoms with Crippen LogP contribution in [0.1, 0.15) is 57.9 Å². The number of aryl methyl sites for hydroxylation is 1. The van der Waals surface area contributed by atoms with E-state index in [-0.39, 0.29) is 12.4 Å². The third-order valence-corrected chi connectivity index (χ3v) is 3.81. The number of unbranched alkanes of at least 4 members (excludes halogenated alkanes) is 5. The smallest absolute Gasteiger partial charge is 0.290 e. The first kappa shape index (κ1) is 23.6. The number of hydrogen-bond acceptors (Lipinski definition) is 2. The van der Waals surface area contributed by atoms with Gasteiger partial charge in [-0.2, -0.15) is 0 Å². The Morgan fingerprint density at radius 2 is 1.58 bits per heavy atom. The number of carboxylic acid groups (broad SMARTS) is 1. The van der Waals surface area contributed by atoms with Crippen LogP contribution < -0.4 is 5.32 Å². The molecule has 0 bridgehead atoms. The molecule has 0 saturated heterocycles. The van der Waals surface area contributed by atoms with Crippen molar-refractivity contribution in [2.24, 2.45) is 0 Å². The third-order valence-electron chi connectivity index (χ3n) is 3.81. The lowest BCUT2D eigenvalue weighted by molar-refractivity contribution is -0.123. The predicted molar refractivity (Wildman–Crippen MR) is 109 cm³/mol. The Morgan fingerprint density at radius 1 is 1.00 bits per heavy atom. The zero-order valence-corrected chi connectivity index (χ0v) is 16.3. The van der Waals surface area contributed by atoms with Crippen LogP contribution in [0.15, 0.2) is 42.5 Å². The van der Waals surface area contributed by atoms with E-state index in [1.807, 2.05) is 0 Å². The summed E-state index contributed by atoms with van der Waals surface area (Å²) in [6.07, 6.45) is 7.68. The molecule has 0 saturated carbocycles. The SMILES string of the molecule is CCCCCCCCNC(C)=O.Cc1ccc2ccccc2c1.O=CO. The summed E-state index contributed by atoms with van der Waals surface area (Å²) in [5.74, 6) is 0.0866. The number of carbonyl (C=O) groups excluding carboxylic acids is 1. The normalized spacial score (nSPS) is 9.35. The molecule has 4 heteroatoms. The maximum Gasteiger partial charge on any atom is 0.290 e. The maximum atomic E-state index is 10.5. The minimum Gasteiger partial charge on any atom is -0.483 e. The van der Waals surface area contributed by atoms with Gasteiger partial charge in [-0.15, -0.1) is 0 Å². The fourth-order valence-corrected chi connectivity index (χ4v) is 2.48. The molecular formula is C22H33NO3. The topological polar surface area (TPSA) is 66.4 Å². The summed E-state index contributed by atoms with van der Waals surface area (Å²) in [5.41, 5.74) is 1.32. The molecule has 0 unspecified atom stereocenters. The van der Waals surface area contributed by atoms with E-state index in [0.29, 0.717) is 0 Å². The summed E-state index contributed by atoms with van der Waals surface area (Å²) in [4.78, 5) is 18.8. The second-order valence-corrected chi connectivity index (χ2v) is 6.21. The second kappa shape index (κ2) is 16.1. The lowest BCUT2D eigenvalue weighted by Crippen LogP contribution is -2.20.